The lowest BCUT2D eigenvalue weighted by atomic mass is 10.4. The summed E-state index contributed by atoms with van der Waals surface area (Å²) in [6.07, 6.45) is -1.20. The molecule has 0 rings (SSSR count). The molecule has 9 heteroatoms. The number of nitrogens with two attached hydrogens (primary N) is 3. The molecule has 0 aromatic rings. The smallest absolute Gasteiger partial charge is 0.254 e. The molecule has 0 radical (unpaired) electrons. The third-order valence-corrected chi connectivity index (χ3v) is 1.86. The van der Waals surface area contributed by atoms with Crippen LogP contribution in [0.1, 0.15) is 0 Å². The monoisotopic (exact) mass is 278 g/mol. The van der Waals surface area contributed by atoms with Gasteiger partial charge in [0.15, 0.2) is 6.17 Å². The van der Waals surface area contributed by atoms with Gasteiger partial charge in [0.25, 0.3) is 5.91 Å². The van der Waals surface area contributed by atoms with Gasteiger partial charge in [-0.05, 0) is 0 Å². The van der Waals surface area contributed by atoms with E-state index in [0.717, 1.165) is 0 Å². The van der Waals surface area contributed by atoms with Crippen molar-refractivity contribution in [2.24, 2.45) is 17.2 Å². The third kappa shape index (κ3) is 11.6. The molecular weight excluding hydrogens is 256 g/mol. The van der Waals surface area contributed by atoms with E-state index in [2.05, 4.69) is 5.32 Å². The topological polar surface area (TPSA) is 152 Å². The minimum absolute atomic E-state index is 0.214. The minimum atomic E-state index is -1.20. The summed E-state index contributed by atoms with van der Waals surface area (Å²) in [6, 6.07) is 0. The number of carbonyl (C=O) groups excluding carboxylic acids is 2. The van der Waals surface area contributed by atoms with Gasteiger partial charge in [-0.15, -0.1) is 0 Å². The molecule has 0 saturated heterocycles. The van der Waals surface area contributed by atoms with Crippen LogP contribution in [-0.2, 0) is 23.8 Å². The molecule has 0 aliphatic rings. The molecule has 7 N–H and O–H groups in total. The maximum Gasteiger partial charge on any atom is 0.254 e. The zero-order valence-corrected chi connectivity index (χ0v) is 10.8. The summed E-state index contributed by atoms with van der Waals surface area (Å²) in [5, 5.41) is 2.17. The first-order chi connectivity index (χ1) is 9.07. The van der Waals surface area contributed by atoms with Gasteiger partial charge in [0.1, 0.15) is 6.61 Å². The summed E-state index contributed by atoms with van der Waals surface area (Å²) >= 11 is 0. The van der Waals surface area contributed by atoms with Crippen molar-refractivity contribution in [1.82, 2.24) is 5.32 Å². The van der Waals surface area contributed by atoms with E-state index in [1.54, 1.807) is 0 Å². The number of primary amides is 1. The van der Waals surface area contributed by atoms with Gasteiger partial charge in [-0.2, -0.15) is 0 Å². The lowest BCUT2D eigenvalue weighted by molar-refractivity contribution is -0.130. The Kier molecular flexibility index (Phi) is 11.0. The molecule has 1 unspecified atom stereocenters. The highest BCUT2D eigenvalue weighted by Gasteiger charge is 2.11. The summed E-state index contributed by atoms with van der Waals surface area (Å²) in [4.78, 5) is 21.7. The van der Waals surface area contributed by atoms with Gasteiger partial charge in [-0.1, -0.05) is 0 Å². The van der Waals surface area contributed by atoms with Crippen molar-refractivity contribution in [3.63, 3.8) is 0 Å². The van der Waals surface area contributed by atoms with Crippen LogP contribution in [0.5, 0.6) is 0 Å². The van der Waals surface area contributed by atoms with Crippen LogP contribution >= 0.6 is 0 Å². The number of amides is 2. The Labute approximate surface area is 111 Å². The molecule has 0 heterocycles. The van der Waals surface area contributed by atoms with Crippen molar-refractivity contribution in [3.05, 3.63) is 0 Å². The van der Waals surface area contributed by atoms with Gasteiger partial charge in [0.05, 0.1) is 33.0 Å². The number of rotatable bonds is 12. The van der Waals surface area contributed by atoms with Crippen LogP contribution in [0.25, 0.3) is 0 Å². The lowest BCUT2D eigenvalue weighted by Gasteiger charge is -2.10. The van der Waals surface area contributed by atoms with Crippen LogP contribution in [0.3, 0.4) is 0 Å². The molecule has 0 aromatic heterocycles. The maximum atomic E-state index is 11.2. The zero-order chi connectivity index (χ0) is 14.5. The highest BCUT2D eigenvalue weighted by molar-refractivity contribution is 5.86. The zero-order valence-electron chi connectivity index (χ0n) is 10.8. The molecule has 1 atom stereocenters. The van der Waals surface area contributed by atoms with E-state index in [-0.39, 0.29) is 13.2 Å². The molecular formula is C10H22N4O5. The summed E-state index contributed by atoms with van der Waals surface area (Å²) in [7, 11) is 0. The standard InChI is InChI=1S/C10H22N4O5/c11-1-2-17-3-4-18-5-6-19-7-8(15)14-9(12)10(13)16/h9H,1-7,11-12H2,(H2,13,16)(H,14,15). The van der Waals surface area contributed by atoms with Gasteiger partial charge in [0.2, 0.25) is 5.91 Å². The number of hydrogen-bond donors (Lipinski definition) is 4. The average molecular weight is 278 g/mol. The Balaban J connectivity index is 3.30. The molecule has 0 aliphatic carbocycles. The second kappa shape index (κ2) is 11.8. The fourth-order valence-electron chi connectivity index (χ4n) is 0.974. The van der Waals surface area contributed by atoms with E-state index in [1.807, 2.05) is 0 Å². The van der Waals surface area contributed by atoms with Crippen molar-refractivity contribution in [2.75, 3.05) is 46.2 Å². The molecule has 0 spiro atoms. The molecule has 9 nitrogen and oxygen atoms in total. The lowest BCUT2D eigenvalue weighted by Crippen LogP contribution is -2.51. The second-order valence-electron chi connectivity index (χ2n) is 3.51. The second-order valence-corrected chi connectivity index (χ2v) is 3.51. The van der Waals surface area contributed by atoms with Crippen molar-refractivity contribution >= 4 is 11.8 Å². The predicted molar refractivity (Wildman–Crippen MR) is 66.8 cm³/mol. The largest absolute Gasteiger partial charge is 0.378 e. The number of ether oxygens (including phenoxy) is 3. The van der Waals surface area contributed by atoms with E-state index < -0.39 is 18.0 Å². The highest BCUT2D eigenvalue weighted by atomic mass is 16.5. The van der Waals surface area contributed by atoms with E-state index in [0.29, 0.717) is 33.0 Å². The summed E-state index contributed by atoms with van der Waals surface area (Å²) in [5.74, 6) is -1.33. The number of nitrogens with one attached hydrogen (secondary N) is 1. The minimum Gasteiger partial charge on any atom is -0.378 e. The molecule has 0 aromatic carbocycles. The normalized spacial score (nSPS) is 12.1. The summed E-state index contributed by atoms with van der Waals surface area (Å²) in [5.41, 5.74) is 15.3. The average Bonchev–Trinajstić information content (AvgIpc) is 2.36. The van der Waals surface area contributed by atoms with Crippen LogP contribution in [-0.4, -0.2) is 64.2 Å². The maximum absolute atomic E-state index is 11.2. The summed E-state index contributed by atoms with van der Waals surface area (Å²) in [6.45, 7) is 2.24. The first kappa shape index (κ1) is 17.7. The van der Waals surface area contributed by atoms with Crippen LogP contribution in [0.2, 0.25) is 0 Å². The molecule has 0 saturated carbocycles. The molecule has 2 amide bonds. The fraction of sp³-hybridized carbons (Fsp3) is 0.800. The van der Waals surface area contributed by atoms with Gasteiger partial charge < -0.3 is 36.7 Å². The Morgan fingerprint density at radius 3 is 2.05 bits per heavy atom. The van der Waals surface area contributed by atoms with Crippen molar-refractivity contribution in [1.29, 1.82) is 0 Å². The Bertz CT molecular complexity index is 264. The Morgan fingerprint density at radius 2 is 1.53 bits per heavy atom. The first-order valence-electron chi connectivity index (χ1n) is 5.85. The van der Waals surface area contributed by atoms with Crippen molar-refractivity contribution in [3.8, 4) is 0 Å². The molecule has 0 aliphatic heterocycles. The fourth-order valence-corrected chi connectivity index (χ4v) is 0.974. The van der Waals surface area contributed by atoms with Gasteiger partial charge in [-0.3, -0.25) is 9.59 Å². The van der Waals surface area contributed by atoms with Crippen LogP contribution in [0.15, 0.2) is 0 Å². The van der Waals surface area contributed by atoms with Crippen LogP contribution in [0, 0.1) is 0 Å². The van der Waals surface area contributed by atoms with Crippen molar-refractivity contribution < 1.29 is 23.8 Å². The van der Waals surface area contributed by atoms with Gasteiger partial charge >= 0.3 is 0 Å². The Morgan fingerprint density at radius 1 is 1.00 bits per heavy atom. The third-order valence-electron chi connectivity index (χ3n) is 1.86. The quantitative estimate of drug-likeness (QED) is 0.218. The molecule has 112 valence electrons. The van der Waals surface area contributed by atoms with Gasteiger partial charge in [-0.25, -0.2) is 0 Å². The van der Waals surface area contributed by atoms with E-state index in [4.69, 9.17) is 31.4 Å². The predicted octanol–water partition coefficient (Wildman–Crippen LogP) is -3.12. The molecule has 0 bridgehead atoms. The molecule has 19 heavy (non-hydrogen) atoms. The van der Waals surface area contributed by atoms with Gasteiger partial charge in [0, 0.05) is 6.54 Å². The van der Waals surface area contributed by atoms with Crippen LogP contribution < -0.4 is 22.5 Å². The van der Waals surface area contributed by atoms with Crippen LogP contribution in [0.4, 0.5) is 0 Å². The molecule has 0 fully saturated rings. The van der Waals surface area contributed by atoms with E-state index in [9.17, 15) is 9.59 Å². The van der Waals surface area contributed by atoms with Crippen molar-refractivity contribution in [2.45, 2.75) is 6.17 Å². The number of hydrogen-bond acceptors (Lipinski definition) is 7. The SMILES string of the molecule is NCCOCCOCCOCC(=O)NC(N)C(N)=O. The summed E-state index contributed by atoms with van der Waals surface area (Å²) < 4.78 is 15.2. The number of carbonyl (C=O) groups is 2. The first-order valence-corrected chi connectivity index (χ1v) is 5.85. The Hall–Kier alpha value is -1.26. The van der Waals surface area contributed by atoms with E-state index >= 15 is 0 Å². The van der Waals surface area contributed by atoms with E-state index in [1.165, 1.54) is 0 Å². The highest BCUT2D eigenvalue weighted by Crippen LogP contribution is 1.82.